The lowest BCUT2D eigenvalue weighted by Gasteiger charge is -2.32. The Morgan fingerprint density at radius 1 is 1.12 bits per heavy atom. The zero-order valence-corrected chi connectivity index (χ0v) is 28.4. The lowest BCUT2D eigenvalue weighted by atomic mass is 9.98. The molecule has 2 atom stereocenters. The summed E-state index contributed by atoms with van der Waals surface area (Å²) in [6.45, 7) is 5.15. The number of nitrogens with one attached hydrogen (secondary N) is 1. The van der Waals surface area contributed by atoms with Crippen LogP contribution in [0.2, 0.25) is 5.02 Å². The van der Waals surface area contributed by atoms with E-state index in [0.29, 0.717) is 73.5 Å². The molecule has 2 heterocycles. The average Bonchev–Trinajstić information content (AvgIpc) is 3.47. The molecule has 0 saturated heterocycles. The molecule has 4 aromatic rings. The highest BCUT2D eigenvalue weighted by Gasteiger charge is 2.23. The van der Waals surface area contributed by atoms with Crippen molar-refractivity contribution in [3.05, 3.63) is 80.9 Å². The van der Waals surface area contributed by atoms with Gasteiger partial charge in [-0.05, 0) is 81.3 Å². The molecular formula is C35H46ClF3N8O. The number of hydrogen-bond donors (Lipinski definition) is 4. The van der Waals surface area contributed by atoms with Crippen molar-refractivity contribution >= 4 is 28.5 Å². The van der Waals surface area contributed by atoms with Crippen molar-refractivity contribution < 1.29 is 13.2 Å². The number of amidine groups is 1. The van der Waals surface area contributed by atoms with Crippen LogP contribution in [0.15, 0.2) is 52.4 Å². The first-order valence-corrected chi connectivity index (χ1v) is 16.9. The second kappa shape index (κ2) is 17.6. The van der Waals surface area contributed by atoms with Gasteiger partial charge in [0.25, 0.3) is 0 Å². The van der Waals surface area contributed by atoms with Crippen molar-refractivity contribution in [3.63, 3.8) is 0 Å². The number of halogens is 4. The summed E-state index contributed by atoms with van der Waals surface area (Å²) in [5.41, 5.74) is 19.0. The lowest BCUT2D eigenvalue weighted by molar-refractivity contribution is 0.174. The van der Waals surface area contributed by atoms with Gasteiger partial charge in [-0.1, -0.05) is 31.0 Å². The minimum atomic E-state index is -0.627. The van der Waals surface area contributed by atoms with Crippen LogP contribution in [0.1, 0.15) is 69.5 Å². The first-order valence-electron chi connectivity index (χ1n) is 16.5. The molecule has 48 heavy (non-hydrogen) atoms. The first kappa shape index (κ1) is 37.1. The number of nitrogens with zero attached hydrogens (tertiary/aromatic N) is 4. The fourth-order valence-electron chi connectivity index (χ4n) is 5.93. The van der Waals surface area contributed by atoms with E-state index in [1.807, 2.05) is 13.8 Å². The van der Waals surface area contributed by atoms with E-state index in [1.165, 1.54) is 10.6 Å². The molecule has 260 valence electrons. The minimum absolute atomic E-state index is 0.000474. The Morgan fingerprint density at radius 3 is 2.58 bits per heavy atom. The maximum Gasteiger partial charge on any atom is 0.354 e. The average molecular weight is 687 g/mol. The largest absolute Gasteiger partial charge is 0.386 e. The summed E-state index contributed by atoms with van der Waals surface area (Å²) in [7, 11) is 0. The van der Waals surface area contributed by atoms with Crippen molar-refractivity contribution in [2.24, 2.45) is 22.2 Å². The first-order chi connectivity index (χ1) is 23.1. The van der Waals surface area contributed by atoms with E-state index in [0.717, 1.165) is 24.8 Å². The van der Waals surface area contributed by atoms with Crippen molar-refractivity contribution in [2.45, 2.75) is 70.9 Å². The molecular weight excluding hydrogens is 641 g/mol. The molecule has 0 bridgehead atoms. The third kappa shape index (κ3) is 9.46. The van der Waals surface area contributed by atoms with Gasteiger partial charge in [-0.3, -0.25) is 18.8 Å². The Hall–Kier alpha value is -3.71. The molecule has 4 rings (SSSR count). The number of aryl methyl sites for hydroxylation is 1. The van der Waals surface area contributed by atoms with E-state index in [2.05, 4.69) is 19.9 Å². The van der Waals surface area contributed by atoms with Gasteiger partial charge in [-0.25, -0.2) is 13.6 Å². The molecule has 2 aromatic heterocycles. The van der Waals surface area contributed by atoms with Crippen LogP contribution in [0, 0.1) is 11.6 Å². The van der Waals surface area contributed by atoms with E-state index in [1.54, 1.807) is 36.5 Å². The summed E-state index contributed by atoms with van der Waals surface area (Å²) in [5, 5.41) is 0.533. The van der Waals surface area contributed by atoms with Crippen LogP contribution in [0.3, 0.4) is 0 Å². The Morgan fingerprint density at radius 2 is 1.90 bits per heavy atom. The van der Waals surface area contributed by atoms with Crippen molar-refractivity contribution in [3.8, 4) is 16.9 Å². The van der Waals surface area contributed by atoms with Gasteiger partial charge in [0.1, 0.15) is 17.3 Å². The molecule has 13 heteroatoms. The summed E-state index contributed by atoms with van der Waals surface area (Å²) in [4.78, 5) is 26.7. The second-order valence-corrected chi connectivity index (χ2v) is 12.6. The van der Waals surface area contributed by atoms with Gasteiger partial charge in [0, 0.05) is 54.4 Å². The fraction of sp³-hybridized carbons (Fsp3) is 0.457. The van der Waals surface area contributed by atoms with Crippen LogP contribution in [0.25, 0.3) is 28.0 Å². The van der Waals surface area contributed by atoms with Crippen molar-refractivity contribution in [2.75, 3.05) is 32.9 Å². The predicted octanol–water partition coefficient (Wildman–Crippen LogP) is 6.19. The number of H-pyrrole nitrogens is 1. The van der Waals surface area contributed by atoms with Crippen LogP contribution in [0.5, 0.6) is 0 Å². The third-order valence-corrected chi connectivity index (χ3v) is 8.62. The van der Waals surface area contributed by atoms with E-state index in [-0.39, 0.29) is 34.9 Å². The van der Waals surface area contributed by atoms with E-state index in [4.69, 9.17) is 28.8 Å². The molecule has 9 nitrogen and oxygen atoms in total. The SMILES string of the molecule is CCCC(c1ccc(-n2cc3cc(-c4cc(CCCC(C)N)cc(Cl)c4F)[nH]c3nc2=O)cc1F)N(CCCF)CCCN=C(N)CN. The number of hydrogen-bond acceptors (Lipinski definition) is 6. The summed E-state index contributed by atoms with van der Waals surface area (Å²) >= 11 is 6.25. The number of nitrogens with two attached hydrogens (primary N) is 3. The van der Waals surface area contributed by atoms with Gasteiger partial charge in [-0.2, -0.15) is 4.98 Å². The van der Waals surface area contributed by atoms with Crippen LogP contribution >= 0.6 is 11.6 Å². The van der Waals surface area contributed by atoms with Crippen molar-refractivity contribution in [1.82, 2.24) is 19.4 Å². The number of rotatable bonds is 18. The van der Waals surface area contributed by atoms with E-state index < -0.39 is 24.0 Å². The Kier molecular flexibility index (Phi) is 13.6. The number of fused-ring (bicyclic) bond motifs is 1. The lowest BCUT2D eigenvalue weighted by Crippen LogP contribution is -2.32. The highest BCUT2D eigenvalue weighted by molar-refractivity contribution is 6.31. The van der Waals surface area contributed by atoms with E-state index in [9.17, 15) is 9.18 Å². The van der Waals surface area contributed by atoms with E-state index >= 15 is 8.78 Å². The zero-order chi connectivity index (χ0) is 34.8. The number of aromatic nitrogens is 3. The number of aliphatic imine (C=N–C) groups is 1. The maximum atomic E-state index is 15.9. The van der Waals surface area contributed by atoms with Gasteiger partial charge in [0.05, 0.1) is 29.6 Å². The quantitative estimate of drug-likeness (QED) is 0.0558. The summed E-state index contributed by atoms with van der Waals surface area (Å²) in [6.07, 6.45) is 6.31. The second-order valence-electron chi connectivity index (χ2n) is 12.2. The Labute approximate surface area is 284 Å². The number of benzene rings is 2. The Balaban J connectivity index is 1.63. The van der Waals surface area contributed by atoms with Gasteiger partial charge in [0.2, 0.25) is 0 Å². The fourth-order valence-corrected chi connectivity index (χ4v) is 6.17. The van der Waals surface area contributed by atoms with Crippen LogP contribution in [0.4, 0.5) is 13.2 Å². The van der Waals surface area contributed by atoms with Crippen molar-refractivity contribution in [1.29, 1.82) is 0 Å². The summed E-state index contributed by atoms with van der Waals surface area (Å²) in [5.74, 6) is -0.701. The monoisotopic (exact) mass is 686 g/mol. The molecule has 2 aromatic carbocycles. The molecule has 0 aliphatic rings. The molecule has 7 N–H and O–H groups in total. The highest BCUT2D eigenvalue weighted by Crippen LogP contribution is 2.32. The summed E-state index contributed by atoms with van der Waals surface area (Å²) in [6, 6.07) is 9.46. The molecule has 0 amide bonds. The molecule has 0 saturated carbocycles. The van der Waals surface area contributed by atoms with Crippen LogP contribution < -0.4 is 22.9 Å². The van der Waals surface area contributed by atoms with Gasteiger partial charge < -0.3 is 22.2 Å². The predicted molar refractivity (Wildman–Crippen MR) is 189 cm³/mol. The third-order valence-electron chi connectivity index (χ3n) is 8.34. The zero-order valence-electron chi connectivity index (χ0n) is 27.6. The smallest absolute Gasteiger partial charge is 0.354 e. The van der Waals surface area contributed by atoms with Crippen LogP contribution in [-0.4, -0.2) is 64.2 Å². The minimum Gasteiger partial charge on any atom is -0.386 e. The highest BCUT2D eigenvalue weighted by atomic mass is 35.5. The van der Waals surface area contributed by atoms with Crippen LogP contribution in [-0.2, 0) is 6.42 Å². The molecule has 0 aliphatic carbocycles. The maximum absolute atomic E-state index is 15.9. The molecule has 0 fully saturated rings. The van der Waals surface area contributed by atoms with Gasteiger partial charge in [0.15, 0.2) is 5.82 Å². The normalized spacial score (nSPS) is 13.5. The molecule has 0 radical (unpaired) electrons. The standard InChI is InChI=1S/C35H46ClF3N8O/c1-3-7-31(46(14-5-12-37)15-6-13-43-32(42)20-40)26-11-10-25(19-29(26)38)47-21-24-18-30(44-34(24)45-35(47)48)27-16-23(9-4-8-22(2)41)17-28(36)33(27)39/h10-11,16-19,21-22,31H,3-9,12-15,20,40-41H2,1-2H3,(H2,42,43)(H,44,45,48). The van der Waals surface area contributed by atoms with Gasteiger partial charge >= 0.3 is 5.69 Å². The number of aromatic amines is 1. The summed E-state index contributed by atoms with van der Waals surface area (Å²) < 4.78 is 45.6. The Bertz CT molecular complexity index is 1760. The number of alkyl halides is 1. The van der Waals surface area contributed by atoms with Gasteiger partial charge in [-0.15, -0.1) is 0 Å². The molecule has 0 spiro atoms. The topological polar surface area (TPSA) is 144 Å². The molecule has 0 aliphatic heterocycles. The molecule has 2 unspecified atom stereocenters.